The molecule has 0 aromatic rings. The third-order valence-corrected chi connectivity index (χ3v) is 1.82. The first-order valence-electron chi connectivity index (χ1n) is 2.18. The Hall–Kier alpha value is -0.420. The molecule has 0 aromatic heterocycles. The molecule has 1 aliphatic heterocycles. The van der Waals surface area contributed by atoms with Crippen LogP contribution in [0.2, 0.25) is 0 Å². The Labute approximate surface area is 49.4 Å². The summed E-state index contributed by atoms with van der Waals surface area (Å²) in [5.41, 5.74) is 0. The standard InChI is InChI=1S/C3H6N2O2S/c4-3-1-2-5(3)8(6)7/h4H,1-2H2,(H,6,7). The average Bonchev–Trinajstić information content (AvgIpc) is 1.61. The summed E-state index contributed by atoms with van der Waals surface area (Å²) in [6.45, 7) is 0.544. The summed E-state index contributed by atoms with van der Waals surface area (Å²) in [6.07, 6.45) is 0.631. The van der Waals surface area contributed by atoms with Crippen molar-refractivity contribution in [1.82, 2.24) is 4.31 Å². The summed E-state index contributed by atoms with van der Waals surface area (Å²) in [4.78, 5) is 0. The number of rotatable bonds is 1. The van der Waals surface area contributed by atoms with Crippen molar-refractivity contribution in [3.8, 4) is 0 Å². The van der Waals surface area contributed by atoms with Gasteiger partial charge >= 0.3 is 0 Å². The highest BCUT2D eigenvalue weighted by Gasteiger charge is 2.23. The highest BCUT2D eigenvalue weighted by Crippen LogP contribution is 2.09. The summed E-state index contributed by atoms with van der Waals surface area (Å²) in [5.74, 6) is 0.255. The number of hydrogen-bond donors (Lipinski definition) is 2. The Morgan fingerprint density at radius 2 is 2.50 bits per heavy atom. The van der Waals surface area contributed by atoms with E-state index < -0.39 is 11.3 Å². The Bertz CT molecular complexity index is 138. The molecule has 1 rings (SSSR count). The number of amidine groups is 1. The largest absolute Gasteiger partial charge is 0.289 e. The van der Waals surface area contributed by atoms with E-state index in [2.05, 4.69) is 0 Å². The molecule has 1 saturated heterocycles. The van der Waals surface area contributed by atoms with Gasteiger partial charge in [-0.05, 0) is 0 Å². The van der Waals surface area contributed by atoms with Gasteiger partial charge in [0.25, 0.3) is 11.3 Å². The van der Waals surface area contributed by atoms with Crippen molar-refractivity contribution in [3.05, 3.63) is 0 Å². The van der Waals surface area contributed by atoms with E-state index in [1.807, 2.05) is 0 Å². The molecule has 2 N–H and O–H groups in total. The maximum absolute atomic E-state index is 10.1. The van der Waals surface area contributed by atoms with Crippen molar-refractivity contribution < 1.29 is 8.76 Å². The highest BCUT2D eigenvalue weighted by molar-refractivity contribution is 7.77. The summed E-state index contributed by atoms with van der Waals surface area (Å²) < 4.78 is 19.5. The van der Waals surface area contributed by atoms with Crippen LogP contribution in [0.15, 0.2) is 0 Å². The molecule has 0 aromatic carbocycles. The highest BCUT2D eigenvalue weighted by atomic mass is 32.2. The van der Waals surface area contributed by atoms with E-state index in [4.69, 9.17) is 9.96 Å². The fourth-order valence-corrected chi connectivity index (χ4v) is 1.01. The van der Waals surface area contributed by atoms with Gasteiger partial charge in [-0.25, -0.2) is 4.21 Å². The monoisotopic (exact) mass is 134 g/mol. The van der Waals surface area contributed by atoms with Crippen molar-refractivity contribution in [2.45, 2.75) is 6.42 Å². The van der Waals surface area contributed by atoms with E-state index in [9.17, 15) is 4.21 Å². The number of hydrogen-bond acceptors (Lipinski definition) is 2. The molecule has 0 aliphatic carbocycles. The van der Waals surface area contributed by atoms with E-state index in [1.54, 1.807) is 0 Å². The van der Waals surface area contributed by atoms with Crippen molar-refractivity contribution in [2.75, 3.05) is 6.54 Å². The fraction of sp³-hybridized carbons (Fsp3) is 0.667. The van der Waals surface area contributed by atoms with E-state index in [-0.39, 0.29) is 5.84 Å². The minimum Gasteiger partial charge on any atom is -0.289 e. The van der Waals surface area contributed by atoms with Gasteiger partial charge in [-0.2, -0.15) is 0 Å². The van der Waals surface area contributed by atoms with Crippen LogP contribution in [0.3, 0.4) is 0 Å². The van der Waals surface area contributed by atoms with Crippen LogP contribution in [-0.4, -0.2) is 25.4 Å². The minimum absolute atomic E-state index is 0.255. The molecule has 1 unspecified atom stereocenters. The van der Waals surface area contributed by atoms with Crippen LogP contribution in [0, 0.1) is 5.41 Å². The predicted molar refractivity (Wildman–Crippen MR) is 29.8 cm³/mol. The summed E-state index contributed by atoms with van der Waals surface area (Å²) in [6, 6.07) is 0. The second-order valence-electron chi connectivity index (χ2n) is 1.53. The van der Waals surface area contributed by atoms with Crippen LogP contribution >= 0.6 is 0 Å². The van der Waals surface area contributed by atoms with Gasteiger partial charge in [0.1, 0.15) is 5.84 Å². The Morgan fingerprint density at radius 1 is 1.88 bits per heavy atom. The van der Waals surface area contributed by atoms with Gasteiger partial charge in [0, 0.05) is 13.0 Å². The molecule has 5 heteroatoms. The molecule has 46 valence electrons. The van der Waals surface area contributed by atoms with E-state index in [0.29, 0.717) is 13.0 Å². The lowest BCUT2D eigenvalue weighted by Gasteiger charge is -2.28. The lowest BCUT2D eigenvalue weighted by atomic mass is 10.3. The van der Waals surface area contributed by atoms with Crippen LogP contribution in [0.1, 0.15) is 6.42 Å². The maximum atomic E-state index is 10.1. The minimum atomic E-state index is -1.94. The van der Waals surface area contributed by atoms with Crippen LogP contribution in [0.25, 0.3) is 0 Å². The van der Waals surface area contributed by atoms with Gasteiger partial charge in [0.05, 0.1) is 0 Å². The zero-order valence-corrected chi connectivity index (χ0v) is 4.94. The molecule has 0 amide bonds. The Balaban J connectivity index is 2.49. The first-order valence-corrected chi connectivity index (χ1v) is 3.24. The summed E-state index contributed by atoms with van der Waals surface area (Å²) in [7, 11) is 0. The van der Waals surface area contributed by atoms with Gasteiger partial charge in [-0.3, -0.25) is 14.3 Å². The quantitative estimate of drug-likeness (QED) is 0.488. The average molecular weight is 134 g/mol. The third-order valence-electron chi connectivity index (χ3n) is 1.04. The molecule has 0 saturated carbocycles. The van der Waals surface area contributed by atoms with Crippen LogP contribution in [0.5, 0.6) is 0 Å². The molecule has 0 spiro atoms. The Morgan fingerprint density at radius 3 is 2.50 bits per heavy atom. The first kappa shape index (κ1) is 5.71. The predicted octanol–water partition coefficient (Wildman–Crippen LogP) is -0.194. The second-order valence-corrected chi connectivity index (χ2v) is 2.43. The molecule has 0 radical (unpaired) electrons. The topological polar surface area (TPSA) is 64.4 Å². The second kappa shape index (κ2) is 1.83. The van der Waals surface area contributed by atoms with Crippen molar-refractivity contribution >= 4 is 17.1 Å². The smallest absolute Gasteiger partial charge is 0.262 e. The van der Waals surface area contributed by atoms with Crippen molar-refractivity contribution in [3.63, 3.8) is 0 Å². The summed E-state index contributed by atoms with van der Waals surface area (Å²) in [5, 5.41) is 6.89. The lowest BCUT2D eigenvalue weighted by Crippen LogP contribution is -2.43. The zero-order chi connectivity index (χ0) is 6.15. The molecule has 1 atom stereocenters. The molecule has 0 bridgehead atoms. The number of nitrogens with one attached hydrogen (secondary N) is 1. The van der Waals surface area contributed by atoms with Gasteiger partial charge in [0.2, 0.25) is 0 Å². The van der Waals surface area contributed by atoms with Crippen LogP contribution in [-0.2, 0) is 11.3 Å². The Kier molecular flexibility index (Phi) is 1.31. The molecular weight excluding hydrogens is 128 g/mol. The van der Waals surface area contributed by atoms with Gasteiger partial charge in [-0.15, -0.1) is 0 Å². The number of nitrogens with zero attached hydrogens (tertiary/aromatic N) is 1. The SMILES string of the molecule is N=C1CCN1S(=O)O. The molecule has 1 aliphatic rings. The van der Waals surface area contributed by atoms with E-state index in [0.717, 1.165) is 4.31 Å². The molecular formula is C3H6N2O2S. The normalized spacial score (nSPS) is 22.6. The fourth-order valence-electron chi connectivity index (χ4n) is 0.487. The van der Waals surface area contributed by atoms with Gasteiger partial charge < -0.3 is 0 Å². The maximum Gasteiger partial charge on any atom is 0.262 e. The zero-order valence-electron chi connectivity index (χ0n) is 4.13. The lowest BCUT2D eigenvalue weighted by molar-refractivity contribution is 0.456. The molecule has 1 heterocycles. The van der Waals surface area contributed by atoms with Crippen molar-refractivity contribution in [1.29, 1.82) is 5.41 Å². The van der Waals surface area contributed by atoms with Crippen molar-refractivity contribution in [2.24, 2.45) is 0 Å². The van der Waals surface area contributed by atoms with Gasteiger partial charge in [-0.1, -0.05) is 0 Å². The molecule has 8 heavy (non-hydrogen) atoms. The first-order chi connectivity index (χ1) is 3.72. The third kappa shape index (κ3) is 0.740. The van der Waals surface area contributed by atoms with E-state index >= 15 is 0 Å². The van der Waals surface area contributed by atoms with Crippen LogP contribution < -0.4 is 0 Å². The summed E-state index contributed by atoms with van der Waals surface area (Å²) >= 11 is -1.94. The van der Waals surface area contributed by atoms with Gasteiger partial charge in [0.15, 0.2) is 0 Å². The van der Waals surface area contributed by atoms with E-state index in [1.165, 1.54) is 0 Å². The van der Waals surface area contributed by atoms with Crippen LogP contribution in [0.4, 0.5) is 0 Å². The molecule has 4 nitrogen and oxygen atoms in total. The molecule has 1 fully saturated rings.